The van der Waals surface area contributed by atoms with Crippen LogP contribution in [-0.4, -0.2) is 61.0 Å². The molecule has 2 heterocycles. The van der Waals surface area contributed by atoms with Gasteiger partial charge in [0.1, 0.15) is 5.82 Å². The Labute approximate surface area is 174 Å². The molecule has 30 heavy (non-hydrogen) atoms. The van der Waals surface area contributed by atoms with Crippen molar-refractivity contribution >= 4 is 17.4 Å². The predicted molar refractivity (Wildman–Crippen MR) is 109 cm³/mol. The van der Waals surface area contributed by atoms with E-state index >= 15 is 0 Å². The van der Waals surface area contributed by atoms with Gasteiger partial charge in [0.2, 0.25) is 12.7 Å². The van der Waals surface area contributed by atoms with Crippen LogP contribution in [0.2, 0.25) is 0 Å². The molecule has 4 rings (SSSR count). The molecule has 1 saturated heterocycles. The number of ketones is 1. The second kappa shape index (κ2) is 8.81. The summed E-state index contributed by atoms with van der Waals surface area (Å²) < 4.78 is 23.7. The number of carbonyl (C=O) groups is 2. The fraction of sp³-hybridized carbons (Fsp3) is 0.364. The quantitative estimate of drug-likeness (QED) is 0.734. The van der Waals surface area contributed by atoms with Crippen molar-refractivity contribution in [3.05, 3.63) is 53.3 Å². The molecule has 0 spiro atoms. The molecule has 0 radical (unpaired) electrons. The van der Waals surface area contributed by atoms with Crippen molar-refractivity contribution < 1.29 is 23.5 Å². The van der Waals surface area contributed by atoms with Crippen LogP contribution in [0.1, 0.15) is 22.8 Å². The van der Waals surface area contributed by atoms with Crippen molar-refractivity contribution in [2.75, 3.05) is 44.8 Å². The van der Waals surface area contributed by atoms with Crippen LogP contribution in [0.4, 0.5) is 10.1 Å². The highest BCUT2D eigenvalue weighted by molar-refractivity contribution is 6.05. The third-order valence-electron chi connectivity index (χ3n) is 5.32. The maximum absolute atomic E-state index is 13.0. The topological polar surface area (TPSA) is 71.1 Å². The van der Waals surface area contributed by atoms with E-state index in [9.17, 15) is 14.0 Å². The van der Waals surface area contributed by atoms with Gasteiger partial charge in [-0.1, -0.05) is 12.1 Å². The zero-order chi connectivity index (χ0) is 21.1. The zero-order valence-corrected chi connectivity index (χ0v) is 16.8. The van der Waals surface area contributed by atoms with E-state index in [1.165, 1.54) is 19.1 Å². The van der Waals surface area contributed by atoms with E-state index in [0.717, 1.165) is 38.3 Å². The maximum Gasteiger partial charge on any atom is 0.238 e. The highest BCUT2D eigenvalue weighted by Gasteiger charge is 2.22. The highest BCUT2D eigenvalue weighted by Crippen LogP contribution is 2.37. The third-order valence-corrected chi connectivity index (χ3v) is 5.32. The SMILES string of the molecule is CC(=O)c1cc2c(cc1NC(=O)CN1CCN(Cc3ccc(F)cc3)CC1)OCO2. The Morgan fingerprint density at radius 1 is 1.00 bits per heavy atom. The Morgan fingerprint density at radius 3 is 2.30 bits per heavy atom. The summed E-state index contributed by atoms with van der Waals surface area (Å²) in [7, 11) is 0. The van der Waals surface area contributed by atoms with E-state index in [-0.39, 0.29) is 30.8 Å². The summed E-state index contributed by atoms with van der Waals surface area (Å²) in [6.45, 7) is 5.74. The average Bonchev–Trinajstić information content (AvgIpc) is 3.18. The normalized spacial score (nSPS) is 16.5. The largest absolute Gasteiger partial charge is 0.454 e. The van der Waals surface area contributed by atoms with Crippen LogP contribution in [0.3, 0.4) is 0 Å². The van der Waals surface area contributed by atoms with Crippen molar-refractivity contribution in [3.63, 3.8) is 0 Å². The molecular weight excluding hydrogens is 389 g/mol. The minimum absolute atomic E-state index is 0.103. The lowest BCUT2D eigenvalue weighted by Gasteiger charge is -2.34. The Bertz CT molecular complexity index is 940. The number of nitrogens with zero attached hydrogens (tertiary/aromatic N) is 2. The molecule has 2 aliphatic heterocycles. The molecular formula is C22H24FN3O4. The highest BCUT2D eigenvalue weighted by atomic mass is 19.1. The van der Waals surface area contributed by atoms with Gasteiger partial charge in [0, 0.05) is 44.4 Å². The fourth-order valence-corrected chi connectivity index (χ4v) is 3.68. The number of Topliss-reactive ketones (excluding diaryl/α,β-unsaturated/α-hetero) is 1. The van der Waals surface area contributed by atoms with Gasteiger partial charge in [0.05, 0.1) is 12.2 Å². The standard InChI is InChI=1S/C22H24FN3O4/c1-15(27)18-10-20-21(30-14-29-20)11-19(18)24-22(28)13-26-8-6-25(7-9-26)12-16-2-4-17(23)5-3-16/h2-5,10-11H,6-9,12-14H2,1H3,(H,24,28). The lowest BCUT2D eigenvalue weighted by molar-refractivity contribution is -0.117. The Kier molecular flexibility index (Phi) is 5.96. The number of rotatable bonds is 6. The van der Waals surface area contributed by atoms with Gasteiger partial charge in [-0.25, -0.2) is 4.39 Å². The average molecular weight is 413 g/mol. The summed E-state index contributed by atoms with van der Waals surface area (Å²) >= 11 is 0. The minimum Gasteiger partial charge on any atom is -0.454 e. The molecule has 1 amide bonds. The molecule has 0 aliphatic carbocycles. The zero-order valence-electron chi connectivity index (χ0n) is 16.8. The summed E-state index contributed by atoms with van der Waals surface area (Å²) in [6, 6.07) is 9.79. The van der Waals surface area contributed by atoms with Crippen LogP contribution < -0.4 is 14.8 Å². The number of hydrogen-bond donors (Lipinski definition) is 1. The van der Waals surface area contributed by atoms with Gasteiger partial charge in [-0.3, -0.25) is 19.4 Å². The number of benzene rings is 2. The minimum atomic E-state index is -0.232. The number of piperazine rings is 1. The van der Waals surface area contributed by atoms with Crippen molar-refractivity contribution in [2.24, 2.45) is 0 Å². The van der Waals surface area contributed by atoms with E-state index < -0.39 is 0 Å². The summed E-state index contributed by atoms with van der Waals surface area (Å²) in [6.07, 6.45) is 0. The molecule has 0 aromatic heterocycles. The van der Waals surface area contributed by atoms with Crippen LogP contribution in [0.25, 0.3) is 0 Å². The van der Waals surface area contributed by atoms with E-state index in [1.807, 2.05) is 0 Å². The molecule has 8 heteroatoms. The molecule has 7 nitrogen and oxygen atoms in total. The lowest BCUT2D eigenvalue weighted by atomic mass is 10.1. The van der Waals surface area contributed by atoms with Gasteiger partial charge in [0.15, 0.2) is 17.3 Å². The van der Waals surface area contributed by atoms with Crippen molar-refractivity contribution in [2.45, 2.75) is 13.5 Å². The number of ether oxygens (including phenoxy) is 2. The molecule has 1 N–H and O–H groups in total. The fourth-order valence-electron chi connectivity index (χ4n) is 3.68. The third kappa shape index (κ3) is 4.77. The first-order valence-electron chi connectivity index (χ1n) is 9.91. The number of hydrogen-bond acceptors (Lipinski definition) is 6. The lowest BCUT2D eigenvalue weighted by Crippen LogP contribution is -2.48. The Hall–Kier alpha value is -2.97. The van der Waals surface area contributed by atoms with Gasteiger partial charge >= 0.3 is 0 Å². The molecule has 1 fully saturated rings. The molecule has 0 atom stereocenters. The summed E-state index contributed by atoms with van der Waals surface area (Å²) in [4.78, 5) is 28.9. The van der Waals surface area contributed by atoms with Gasteiger partial charge in [-0.2, -0.15) is 0 Å². The summed E-state index contributed by atoms with van der Waals surface area (Å²) in [5, 5.41) is 2.84. The molecule has 0 saturated carbocycles. The first-order chi connectivity index (χ1) is 14.5. The first-order valence-corrected chi connectivity index (χ1v) is 9.91. The molecule has 0 bridgehead atoms. The molecule has 2 aliphatic rings. The van der Waals surface area contributed by atoms with Gasteiger partial charge in [-0.15, -0.1) is 0 Å². The predicted octanol–water partition coefficient (Wildman–Crippen LogP) is 2.51. The van der Waals surface area contributed by atoms with Crippen LogP contribution in [-0.2, 0) is 11.3 Å². The first kappa shape index (κ1) is 20.3. The van der Waals surface area contributed by atoms with E-state index in [4.69, 9.17) is 9.47 Å². The molecule has 158 valence electrons. The smallest absolute Gasteiger partial charge is 0.238 e. The van der Waals surface area contributed by atoms with Crippen LogP contribution >= 0.6 is 0 Å². The van der Waals surface area contributed by atoms with Gasteiger partial charge in [0.25, 0.3) is 0 Å². The molecule has 2 aromatic carbocycles. The van der Waals surface area contributed by atoms with Crippen molar-refractivity contribution in [3.8, 4) is 11.5 Å². The number of halogens is 1. The van der Waals surface area contributed by atoms with E-state index in [0.29, 0.717) is 22.7 Å². The van der Waals surface area contributed by atoms with E-state index in [1.54, 1.807) is 24.3 Å². The van der Waals surface area contributed by atoms with Crippen LogP contribution in [0.15, 0.2) is 36.4 Å². The van der Waals surface area contributed by atoms with Crippen LogP contribution in [0, 0.1) is 5.82 Å². The molecule has 2 aromatic rings. The monoisotopic (exact) mass is 413 g/mol. The maximum atomic E-state index is 13.0. The van der Waals surface area contributed by atoms with Crippen molar-refractivity contribution in [1.29, 1.82) is 0 Å². The van der Waals surface area contributed by atoms with E-state index in [2.05, 4.69) is 15.1 Å². The molecule has 0 unspecified atom stereocenters. The van der Waals surface area contributed by atoms with Crippen molar-refractivity contribution in [1.82, 2.24) is 9.80 Å². The number of amides is 1. The number of carbonyl (C=O) groups excluding carboxylic acids is 2. The van der Waals surface area contributed by atoms with Gasteiger partial charge < -0.3 is 14.8 Å². The van der Waals surface area contributed by atoms with Crippen LogP contribution in [0.5, 0.6) is 11.5 Å². The Balaban J connectivity index is 1.30. The number of nitrogens with one attached hydrogen (secondary N) is 1. The Morgan fingerprint density at radius 2 is 1.63 bits per heavy atom. The van der Waals surface area contributed by atoms with Gasteiger partial charge in [-0.05, 0) is 30.7 Å². The second-order valence-corrected chi connectivity index (χ2v) is 7.53. The number of anilines is 1. The second-order valence-electron chi connectivity index (χ2n) is 7.53. The number of fused-ring (bicyclic) bond motifs is 1. The summed E-state index contributed by atoms with van der Waals surface area (Å²) in [5.41, 5.74) is 1.91. The summed E-state index contributed by atoms with van der Waals surface area (Å²) in [5.74, 6) is 0.464.